The van der Waals surface area contributed by atoms with Gasteiger partial charge in [0.1, 0.15) is 42.1 Å². The molecule has 4 aromatic carbocycles. The van der Waals surface area contributed by atoms with Crippen molar-refractivity contribution >= 4 is 11.7 Å². The molecule has 6 rings (SSSR count). The van der Waals surface area contributed by atoms with Crippen molar-refractivity contribution in [2.45, 2.75) is 61.5 Å². The third-order valence-corrected chi connectivity index (χ3v) is 9.49. The Morgan fingerprint density at radius 1 is 0.854 bits per heavy atom. The SMILES string of the molecule is CN1C(=O)N(c2ccccc2)[C@H](c2ccc(-c3ccc(C4O[C@H](CO)[C@@H](O)[C@H](O)[C@H]4O)cc3)cc2O)[C@H]1CC[C@H](O)c1ccc(F)cc1. The first kappa shape index (κ1) is 33.5. The second kappa shape index (κ2) is 14.0. The maximum atomic E-state index is 13.7. The smallest absolute Gasteiger partial charge is 0.325 e. The number of benzene rings is 4. The van der Waals surface area contributed by atoms with Crippen LogP contribution in [-0.2, 0) is 4.74 Å². The van der Waals surface area contributed by atoms with Crippen molar-refractivity contribution < 1.29 is 44.6 Å². The van der Waals surface area contributed by atoms with Crippen molar-refractivity contribution in [2.24, 2.45) is 0 Å². The number of halogens is 1. The Balaban J connectivity index is 1.27. The number of aromatic hydroxyl groups is 1. The Hall–Kier alpha value is -4.36. The number of phenolic OH excluding ortho intramolecular Hbond substituents is 1. The molecule has 0 radical (unpaired) electrons. The lowest BCUT2D eigenvalue weighted by Crippen LogP contribution is -2.55. The van der Waals surface area contributed by atoms with E-state index in [0.717, 1.165) is 5.56 Å². The van der Waals surface area contributed by atoms with Gasteiger partial charge >= 0.3 is 6.03 Å². The molecule has 1 unspecified atom stereocenters. The summed E-state index contributed by atoms with van der Waals surface area (Å²) in [6.07, 6.45) is -6.51. The molecule has 6 N–H and O–H groups in total. The Bertz CT molecular complexity index is 1710. The number of likely N-dealkylation sites (N-methyl/N-ethyl adjacent to an activating group) is 1. The van der Waals surface area contributed by atoms with Crippen molar-refractivity contribution in [3.05, 3.63) is 120 Å². The van der Waals surface area contributed by atoms with Gasteiger partial charge in [-0.1, -0.05) is 66.7 Å². The minimum absolute atomic E-state index is 0.0244. The van der Waals surface area contributed by atoms with Crippen molar-refractivity contribution in [3.63, 3.8) is 0 Å². The number of carbonyl (C=O) groups is 1. The number of aliphatic hydroxyl groups is 5. The van der Waals surface area contributed by atoms with E-state index >= 15 is 0 Å². The summed E-state index contributed by atoms with van der Waals surface area (Å²) < 4.78 is 19.1. The van der Waals surface area contributed by atoms with E-state index in [2.05, 4.69) is 0 Å². The molecule has 2 amide bonds. The van der Waals surface area contributed by atoms with Gasteiger partial charge < -0.3 is 40.3 Å². The van der Waals surface area contributed by atoms with Crippen molar-refractivity contribution in [3.8, 4) is 16.9 Å². The summed E-state index contributed by atoms with van der Waals surface area (Å²) in [6.45, 7) is -0.523. The van der Waals surface area contributed by atoms with E-state index in [1.807, 2.05) is 36.4 Å². The quantitative estimate of drug-likeness (QED) is 0.156. The number of urea groups is 1. The number of rotatable bonds is 9. The van der Waals surface area contributed by atoms with E-state index in [-0.39, 0.29) is 11.8 Å². The van der Waals surface area contributed by atoms with Gasteiger partial charge in [0.25, 0.3) is 0 Å². The molecule has 0 bridgehead atoms. The predicted molar refractivity (Wildman–Crippen MR) is 175 cm³/mol. The van der Waals surface area contributed by atoms with Gasteiger partial charge in [-0.15, -0.1) is 0 Å². The zero-order chi connectivity index (χ0) is 34.1. The predicted octanol–water partition coefficient (Wildman–Crippen LogP) is 4.21. The maximum Gasteiger partial charge on any atom is 0.325 e. The second-order valence-electron chi connectivity index (χ2n) is 12.4. The Kier molecular flexibility index (Phi) is 9.79. The third kappa shape index (κ3) is 6.40. The number of amides is 2. The van der Waals surface area contributed by atoms with Gasteiger partial charge in [-0.05, 0) is 65.4 Å². The Morgan fingerprint density at radius 3 is 2.17 bits per heavy atom. The summed E-state index contributed by atoms with van der Waals surface area (Å²) in [5.41, 5.74) is 3.72. The highest BCUT2D eigenvalue weighted by Crippen LogP contribution is 2.44. The minimum Gasteiger partial charge on any atom is -0.508 e. The summed E-state index contributed by atoms with van der Waals surface area (Å²) in [6, 6.07) is 25.8. The fourth-order valence-electron chi connectivity index (χ4n) is 6.77. The largest absolute Gasteiger partial charge is 0.508 e. The molecule has 10 nitrogen and oxygen atoms in total. The minimum atomic E-state index is -1.49. The average molecular weight is 659 g/mol. The molecule has 11 heteroatoms. The number of nitrogens with zero attached hydrogens (tertiary/aromatic N) is 2. The number of carbonyl (C=O) groups excluding carboxylic acids is 1. The van der Waals surface area contributed by atoms with Crippen LogP contribution in [0.25, 0.3) is 11.1 Å². The molecule has 0 aliphatic carbocycles. The second-order valence-corrected chi connectivity index (χ2v) is 12.4. The molecule has 0 saturated carbocycles. The van der Waals surface area contributed by atoms with Crippen molar-refractivity contribution in [1.82, 2.24) is 4.90 Å². The maximum absolute atomic E-state index is 13.7. The molecule has 252 valence electrons. The number of ether oxygens (including phenoxy) is 1. The highest BCUT2D eigenvalue weighted by Gasteiger charge is 2.47. The van der Waals surface area contributed by atoms with Gasteiger partial charge in [-0.25, -0.2) is 9.18 Å². The van der Waals surface area contributed by atoms with E-state index in [0.29, 0.717) is 40.8 Å². The number of hydrogen-bond acceptors (Lipinski definition) is 8. The highest BCUT2D eigenvalue weighted by atomic mass is 19.1. The van der Waals surface area contributed by atoms with Gasteiger partial charge in [0.15, 0.2) is 0 Å². The summed E-state index contributed by atoms with van der Waals surface area (Å²) in [4.78, 5) is 17.0. The fourth-order valence-corrected chi connectivity index (χ4v) is 6.77. The highest BCUT2D eigenvalue weighted by molar-refractivity contribution is 5.96. The van der Waals surface area contributed by atoms with Crippen LogP contribution in [0.2, 0.25) is 0 Å². The Morgan fingerprint density at radius 2 is 1.52 bits per heavy atom. The van der Waals surface area contributed by atoms with E-state index in [1.165, 1.54) is 24.3 Å². The van der Waals surface area contributed by atoms with Crippen LogP contribution in [0.1, 0.15) is 47.8 Å². The number of anilines is 1. The molecule has 0 spiro atoms. The van der Waals surface area contributed by atoms with E-state index < -0.39 is 61.1 Å². The topological polar surface area (TPSA) is 154 Å². The number of hydrogen-bond donors (Lipinski definition) is 6. The van der Waals surface area contributed by atoms with E-state index in [1.54, 1.807) is 53.2 Å². The van der Waals surface area contributed by atoms with Crippen molar-refractivity contribution in [1.29, 1.82) is 0 Å². The molecule has 2 heterocycles. The normalized spacial score (nSPS) is 26.6. The first-order valence-corrected chi connectivity index (χ1v) is 15.9. The zero-order valence-corrected chi connectivity index (χ0v) is 26.2. The van der Waals surface area contributed by atoms with E-state index in [9.17, 15) is 39.8 Å². The van der Waals surface area contributed by atoms with Gasteiger partial charge in [-0.3, -0.25) is 4.90 Å². The molecular weight excluding hydrogens is 619 g/mol. The number of para-hydroxylation sites is 1. The Labute approximate surface area is 277 Å². The fraction of sp³-hybridized carbons (Fsp3) is 0.324. The molecule has 0 aromatic heterocycles. The summed E-state index contributed by atoms with van der Waals surface area (Å²) in [5, 5.41) is 62.8. The lowest BCUT2D eigenvalue weighted by atomic mass is 9.89. The van der Waals surface area contributed by atoms with Crippen molar-refractivity contribution in [2.75, 3.05) is 18.6 Å². The van der Waals surface area contributed by atoms with Gasteiger partial charge in [-0.2, -0.15) is 0 Å². The van der Waals surface area contributed by atoms with Crippen LogP contribution in [-0.4, -0.2) is 85.7 Å². The van der Waals surface area contributed by atoms with Crippen LogP contribution in [0.3, 0.4) is 0 Å². The summed E-state index contributed by atoms with van der Waals surface area (Å²) in [7, 11) is 1.70. The van der Waals surface area contributed by atoms with Crippen LogP contribution in [0, 0.1) is 5.82 Å². The summed E-state index contributed by atoms with van der Waals surface area (Å²) >= 11 is 0. The molecule has 48 heavy (non-hydrogen) atoms. The van der Waals surface area contributed by atoms with Crippen LogP contribution < -0.4 is 4.90 Å². The molecule has 2 aliphatic heterocycles. The first-order chi connectivity index (χ1) is 23.1. The number of aliphatic hydroxyl groups excluding tert-OH is 5. The molecule has 8 atom stereocenters. The molecule has 2 saturated heterocycles. The number of phenols is 1. The molecule has 4 aromatic rings. The molecule has 2 aliphatic rings. The lowest BCUT2D eigenvalue weighted by molar-refractivity contribution is -0.231. The average Bonchev–Trinajstić information content (AvgIpc) is 3.35. The zero-order valence-electron chi connectivity index (χ0n) is 26.2. The van der Waals surface area contributed by atoms with Crippen LogP contribution in [0.15, 0.2) is 97.1 Å². The first-order valence-electron chi connectivity index (χ1n) is 15.9. The van der Waals surface area contributed by atoms with Crippen LogP contribution in [0.5, 0.6) is 5.75 Å². The standard InChI is InChI=1S/C37H39FN2O8/c1-39-28(17-18-29(42)22-11-14-25(38)15-12-22)32(40(37(39)47)26-5-3-2-4-6-26)27-16-13-24(19-30(27)43)21-7-9-23(10-8-21)36-35(46)34(45)33(44)31(20-41)48-36/h2-16,19,28-29,31-36,41-46H,17-18,20H2,1H3/t28-,29+,31-,32-,33-,34+,35-,36?/m1/s1. The van der Waals surface area contributed by atoms with Gasteiger partial charge in [0.05, 0.1) is 24.8 Å². The molecular formula is C37H39FN2O8. The summed E-state index contributed by atoms with van der Waals surface area (Å²) in [5.74, 6) is -0.419. The van der Waals surface area contributed by atoms with Gasteiger partial charge in [0.2, 0.25) is 0 Å². The van der Waals surface area contributed by atoms with Crippen LogP contribution >= 0.6 is 0 Å². The third-order valence-electron chi connectivity index (χ3n) is 9.49. The van der Waals surface area contributed by atoms with Crippen LogP contribution in [0.4, 0.5) is 14.9 Å². The lowest BCUT2D eigenvalue weighted by Gasteiger charge is -2.40. The molecule has 2 fully saturated rings. The van der Waals surface area contributed by atoms with E-state index in [4.69, 9.17) is 4.74 Å². The van der Waals surface area contributed by atoms with Gasteiger partial charge in [0, 0.05) is 18.3 Å². The monoisotopic (exact) mass is 658 g/mol.